The van der Waals surface area contributed by atoms with Gasteiger partial charge in [0, 0.05) is 9.37 Å². The van der Waals surface area contributed by atoms with Crippen LogP contribution in [0.5, 0.6) is 11.6 Å². The molecule has 1 heterocycles. The molecule has 0 amide bonds. The van der Waals surface area contributed by atoms with Crippen molar-refractivity contribution in [1.29, 1.82) is 0 Å². The van der Waals surface area contributed by atoms with Crippen molar-refractivity contribution < 1.29 is 9.66 Å². The number of halogens is 1. The molecule has 0 aliphatic carbocycles. The van der Waals surface area contributed by atoms with Gasteiger partial charge in [0.2, 0.25) is 0 Å². The number of ether oxygens (including phenoxy) is 1. The van der Waals surface area contributed by atoms with Gasteiger partial charge in [0.1, 0.15) is 12.1 Å². The first-order chi connectivity index (χ1) is 12.0. The molecule has 0 saturated heterocycles. The van der Waals surface area contributed by atoms with Crippen LogP contribution in [0.4, 0.5) is 5.69 Å². The summed E-state index contributed by atoms with van der Waals surface area (Å²) in [6.07, 6.45) is 1.26. The van der Waals surface area contributed by atoms with Crippen LogP contribution in [-0.4, -0.2) is 14.9 Å². The molecule has 126 valence electrons. The maximum Gasteiger partial charge on any atom is 0.363 e. The molecule has 3 aromatic rings. The Morgan fingerprint density at radius 3 is 2.40 bits per heavy atom. The van der Waals surface area contributed by atoms with Crippen LogP contribution in [0.25, 0.3) is 0 Å². The Labute approximate surface area is 156 Å². The summed E-state index contributed by atoms with van der Waals surface area (Å²) < 4.78 is 6.48. The number of nitro groups is 1. The van der Waals surface area contributed by atoms with Crippen molar-refractivity contribution in [1.82, 2.24) is 9.97 Å². The number of aryl methyl sites for hydroxylation is 1. The van der Waals surface area contributed by atoms with Crippen LogP contribution in [0.15, 0.2) is 69.3 Å². The standard InChI is InChI=1S/C17H12BrN3O3S/c1-11-2-8-14(9-3-11)25-17-15(21(22)23)16(19-10-20-17)24-13-6-4-12(18)5-7-13/h2-10H,1H3. The molecule has 6 nitrogen and oxygen atoms in total. The minimum Gasteiger partial charge on any atom is -0.434 e. The first-order valence-corrected chi connectivity index (χ1v) is 8.81. The van der Waals surface area contributed by atoms with Gasteiger partial charge in [-0.2, -0.15) is 4.98 Å². The fourth-order valence-electron chi connectivity index (χ4n) is 1.99. The molecule has 0 aliphatic heterocycles. The van der Waals surface area contributed by atoms with E-state index in [-0.39, 0.29) is 16.6 Å². The van der Waals surface area contributed by atoms with Crippen LogP contribution < -0.4 is 4.74 Å². The first-order valence-electron chi connectivity index (χ1n) is 7.20. The molecule has 25 heavy (non-hydrogen) atoms. The number of hydrogen-bond donors (Lipinski definition) is 0. The molecule has 0 aliphatic rings. The largest absolute Gasteiger partial charge is 0.434 e. The predicted octanol–water partition coefficient (Wildman–Crippen LogP) is 5.40. The van der Waals surface area contributed by atoms with E-state index in [1.54, 1.807) is 24.3 Å². The molecule has 8 heteroatoms. The monoisotopic (exact) mass is 417 g/mol. The third-order valence-electron chi connectivity index (χ3n) is 3.20. The van der Waals surface area contributed by atoms with E-state index in [2.05, 4.69) is 25.9 Å². The van der Waals surface area contributed by atoms with Crippen LogP contribution in [0.3, 0.4) is 0 Å². The Balaban J connectivity index is 1.94. The highest BCUT2D eigenvalue weighted by molar-refractivity contribution is 9.10. The van der Waals surface area contributed by atoms with Gasteiger partial charge >= 0.3 is 11.6 Å². The van der Waals surface area contributed by atoms with Crippen LogP contribution >= 0.6 is 27.7 Å². The van der Waals surface area contributed by atoms with Crippen LogP contribution in [-0.2, 0) is 0 Å². The van der Waals surface area contributed by atoms with Crippen LogP contribution in [0.2, 0.25) is 0 Å². The van der Waals surface area contributed by atoms with Crippen molar-refractivity contribution in [2.75, 3.05) is 0 Å². The lowest BCUT2D eigenvalue weighted by atomic mass is 10.2. The highest BCUT2D eigenvalue weighted by Crippen LogP contribution is 2.39. The third kappa shape index (κ3) is 4.34. The minimum absolute atomic E-state index is 0.0862. The Hall–Kier alpha value is -2.45. The highest BCUT2D eigenvalue weighted by atomic mass is 79.9. The summed E-state index contributed by atoms with van der Waals surface area (Å²) in [7, 11) is 0. The fourth-order valence-corrected chi connectivity index (χ4v) is 3.10. The molecule has 0 N–H and O–H groups in total. The minimum atomic E-state index is -0.523. The topological polar surface area (TPSA) is 78.2 Å². The number of nitrogens with zero attached hydrogens (tertiary/aromatic N) is 3. The highest BCUT2D eigenvalue weighted by Gasteiger charge is 2.25. The number of benzene rings is 2. The van der Waals surface area contributed by atoms with Crippen molar-refractivity contribution in [2.45, 2.75) is 16.8 Å². The van der Waals surface area contributed by atoms with Crippen molar-refractivity contribution in [3.05, 3.63) is 75.0 Å². The van der Waals surface area contributed by atoms with E-state index in [1.807, 2.05) is 31.2 Å². The number of rotatable bonds is 5. The molecule has 0 bridgehead atoms. The van der Waals surface area contributed by atoms with Gasteiger partial charge in [-0.25, -0.2) is 4.98 Å². The lowest BCUT2D eigenvalue weighted by Gasteiger charge is -2.08. The van der Waals surface area contributed by atoms with E-state index in [0.717, 1.165) is 14.9 Å². The summed E-state index contributed by atoms with van der Waals surface area (Å²) in [5.41, 5.74) is 0.858. The molecule has 0 spiro atoms. The zero-order chi connectivity index (χ0) is 17.8. The predicted molar refractivity (Wildman–Crippen MR) is 98.2 cm³/mol. The van der Waals surface area contributed by atoms with Gasteiger partial charge in [-0.15, -0.1) is 0 Å². The Morgan fingerprint density at radius 1 is 1.08 bits per heavy atom. The Morgan fingerprint density at radius 2 is 1.76 bits per heavy atom. The molecule has 1 aromatic heterocycles. The zero-order valence-corrected chi connectivity index (χ0v) is 15.5. The van der Waals surface area contributed by atoms with Crippen molar-refractivity contribution >= 4 is 33.4 Å². The summed E-state index contributed by atoms with van der Waals surface area (Å²) in [5.74, 6) is 0.369. The molecule has 0 atom stereocenters. The van der Waals surface area contributed by atoms with Gasteiger partial charge < -0.3 is 4.74 Å². The summed E-state index contributed by atoms with van der Waals surface area (Å²) in [6.45, 7) is 1.98. The molecular weight excluding hydrogens is 406 g/mol. The van der Waals surface area contributed by atoms with Crippen molar-refractivity contribution in [2.24, 2.45) is 0 Å². The SMILES string of the molecule is Cc1ccc(Sc2ncnc(Oc3ccc(Br)cc3)c2[N+](=O)[O-])cc1. The maximum absolute atomic E-state index is 11.6. The Kier molecular flexibility index (Phi) is 5.30. The molecule has 0 unspecified atom stereocenters. The van der Waals surface area contributed by atoms with Crippen molar-refractivity contribution in [3.63, 3.8) is 0 Å². The second-order valence-corrected chi connectivity index (χ2v) is 7.04. The molecular formula is C17H12BrN3O3S. The Bertz CT molecular complexity index is 836. The van der Waals surface area contributed by atoms with E-state index in [9.17, 15) is 10.1 Å². The van der Waals surface area contributed by atoms with E-state index in [0.29, 0.717) is 5.75 Å². The third-order valence-corrected chi connectivity index (χ3v) is 4.73. The quantitative estimate of drug-likeness (QED) is 0.314. The summed E-state index contributed by atoms with van der Waals surface area (Å²) in [6, 6.07) is 14.6. The summed E-state index contributed by atoms with van der Waals surface area (Å²) >= 11 is 4.53. The van der Waals surface area contributed by atoms with Gasteiger partial charge in [0.05, 0.1) is 4.92 Å². The maximum atomic E-state index is 11.6. The van der Waals surface area contributed by atoms with Crippen LogP contribution in [0.1, 0.15) is 5.56 Å². The zero-order valence-electron chi connectivity index (χ0n) is 13.0. The molecule has 0 fully saturated rings. The fraction of sp³-hybridized carbons (Fsp3) is 0.0588. The van der Waals surface area contributed by atoms with E-state index in [1.165, 1.54) is 18.1 Å². The molecule has 3 rings (SSSR count). The summed E-state index contributed by atoms with van der Waals surface area (Å²) in [4.78, 5) is 19.9. The van der Waals surface area contributed by atoms with Gasteiger partial charge in [-0.3, -0.25) is 10.1 Å². The van der Waals surface area contributed by atoms with Gasteiger partial charge in [0.25, 0.3) is 0 Å². The van der Waals surface area contributed by atoms with Gasteiger partial charge in [-0.05, 0) is 43.3 Å². The molecule has 2 aromatic carbocycles. The lowest BCUT2D eigenvalue weighted by Crippen LogP contribution is -2.00. The van der Waals surface area contributed by atoms with Crippen LogP contribution in [0, 0.1) is 17.0 Å². The van der Waals surface area contributed by atoms with Gasteiger partial charge in [-0.1, -0.05) is 45.4 Å². The first kappa shape index (κ1) is 17.4. The normalized spacial score (nSPS) is 10.5. The lowest BCUT2D eigenvalue weighted by molar-refractivity contribution is -0.389. The van der Waals surface area contributed by atoms with E-state index < -0.39 is 4.92 Å². The average Bonchev–Trinajstić information content (AvgIpc) is 2.59. The second-order valence-electron chi connectivity index (χ2n) is 5.06. The number of hydrogen-bond acceptors (Lipinski definition) is 6. The number of aromatic nitrogens is 2. The second kappa shape index (κ2) is 7.62. The van der Waals surface area contributed by atoms with Gasteiger partial charge in [0.15, 0.2) is 5.03 Å². The van der Waals surface area contributed by atoms with Crippen molar-refractivity contribution in [3.8, 4) is 11.6 Å². The average molecular weight is 418 g/mol. The molecule has 0 saturated carbocycles. The van der Waals surface area contributed by atoms with E-state index >= 15 is 0 Å². The smallest absolute Gasteiger partial charge is 0.363 e. The summed E-state index contributed by atoms with van der Waals surface area (Å²) in [5, 5.41) is 11.8. The van der Waals surface area contributed by atoms with E-state index in [4.69, 9.17) is 4.74 Å². The molecule has 0 radical (unpaired) electrons.